The number of carbonyl (C=O) groups is 2. The van der Waals surface area contributed by atoms with E-state index in [4.69, 9.17) is 14.2 Å². The van der Waals surface area contributed by atoms with E-state index in [0.717, 1.165) is 17.5 Å². The Morgan fingerprint density at radius 3 is 2.56 bits per heavy atom. The van der Waals surface area contributed by atoms with Crippen molar-refractivity contribution in [3.8, 4) is 17.2 Å². The number of nitrogens with one attached hydrogen (secondary N) is 1. The first-order valence-corrected chi connectivity index (χ1v) is 12.2. The van der Waals surface area contributed by atoms with Crippen LogP contribution in [-0.2, 0) is 4.79 Å². The quantitative estimate of drug-likeness (QED) is 0.505. The standard InChI is InChI=1S/C29H30N2O5/c1-18(2)14-15-30-28(32)26-22-6-4-5-7-23(22)29(33)31(20-10-13-24-25(16-20)36-17-35-24)27(26)19-8-11-21(34-3)12-9-19/h4-13,16,18,26-27H,14-15,17H2,1-3H3,(H,30,32)/t26-,27-/m1/s1. The van der Waals surface area contributed by atoms with Crippen LogP contribution in [0.5, 0.6) is 17.2 Å². The van der Waals surface area contributed by atoms with Gasteiger partial charge in [-0.3, -0.25) is 14.5 Å². The summed E-state index contributed by atoms with van der Waals surface area (Å²) in [5, 5.41) is 3.13. The predicted octanol–water partition coefficient (Wildman–Crippen LogP) is 5.07. The van der Waals surface area contributed by atoms with E-state index in [-0.39, 0.29) is 18.6 Å². The Kier molecular flexibility index (Phi) is 6.55. The minimum atomic E-state index is -0.607. The summed E-state index contributed by atoms with van der Waals surface area (Å²) in [4.78, 5) is 29.5. The minimum absolute atomic E-state index is 0.109. The molecular formula is C29H30N2O5. The van der Waals surface area contributed by atoms with Crippen LogP contribution in [0.1, 0.15) is 53.7 Å². The van der Waals surface area contributed by atoms with Crippen LogP contribution >= 0.6 is 0 Å². The van der Waals surface area contributed by atoms with Crippen molar-refractivity contribution in [1.29, 1.82) is 0 Å². The summed E-state index contributed by atoms with van der Waals surface area (Å²) in [6, 6.07) is 19.8. The highest BCUT2D eigenvalue weighted by molar-refractivity contribution is 6.11. The fourth-order valence-electron chi connectivity index (χ4n) is 4.87. The Balaban J connectivity index is 1.65. The molecule has 0 saturated carbocycles. The van der Waals surface area contributed by atoms with E-state index in [1.165, 1.54) is 0 Å². The zero-order chi connectivity index (χ0) is 25.2. The maximum atomic E-state index is 14.0. The van der Waals surface area contributed by atoms with Gasteiger partial charge in [0.1, 0.15) is 5.75 Å². The zero-order valence-electron chi connectivity index (χ0n) is 20.7. The first-order valence-electron chi connectivity index (χ1n) is 12.2. The third-order valence-electron chi connectivity index (χ3n) is 6.73. The summed E-state index contributed by atoms with van der Waals surface area (Å²) in [5.41, 5.74) is 2.71. The van der Waals surface area contributed by atoms with Crippen molar-refractivity contribution in [3.63, 3.8) is 0 Å². The van der Waals surface area contributed by atoms with Gasteiger partial charge < -0.3 is 19.5 Å². The van der Waals surface area contributed by atoms with Gasteiger partial charge >= 0.3 is 0 Å². The minimum Gasteiger partial charge on any atom is -0.497 e. The smallest absolute Gasteiger partial charge is 0.259 e. The summed E-state index contributed by atoms with van der Waals surface area (Å²) in [7, 11) is 1.61. The number of carbonyl (C=O) groups excluding carboxylic acids is 2. The van der Waals surface area contributed by atoms with Crippen LogP contribution in [0, 0.1) is 5.92 Å². The average Bonchev–Trinajstić information content (AvgIpc) is 3.36. The summed E-state index contributed by atoms with van der Waals surface area (Å²) in [6.07, 6.45) is 0.873. The van der Waals surface area contributed by atoms with Crippen molar-refractivity contribution < 1.29 is 23.8 Å². The molecule has 2 aliphatic rings. The zero-order valence-corrected chi connectivity index (χ0v) is 20.7. The second-order valence-electron chi connectivity index (χ2n) is 9.47. The molecule has 3 aromatic carbocycles. The van der Waals surface area contributed by atoms with Gasteiger partial charge in [-0.25, -0.2) is 0 Å². The third kappa shape index (κ3) is 4.37. The van der Waals surface area contributed by atoms with E-state index in [1.807, 2.05) is 48.5 Å². The second kappa shape index (κ2) is 9.93. The molecule has 0 unspecified atom stereocenters. The molecule has 2 aliphatic heterocycles. The first-order chi connectivity index (χ1) is 17.5. The van der Waals surface area contributed by atoms with Crippen LogP contribution in [-0.4, -0.2) is 32.3 Å². The van der Waals surface area contributed by atoms with Crippen LogP contribution in [0.3, 0.4) is 0 Å². The molecular weight excluding hydrogens is 456 g/mol. The number of fused-ring (bicyclic) bond motifs is 2. The molecule has 0 spiro atoms. The molecule has 0 fully saturated rings. The average molecular weight is 487 g/mol. The lowest BCUT2D eigenvalue weighted by Gasteiger charge is -2.42. The molecule has 2 amide bonds. The first kappa shape index (κ1) is 23.7. The normalized spacial score (nSPS) is 18.2. The van der Waals surface area contributed by atoms with Crippen molar-refractivity contribution in [2.24, 2.45) is 5.92 Å². The molecule has 0 aliphatic carbocycles. The highest BCUT2D eigenvalue weighted by Gasteiger charge is 2.45. The van der Waals surface area contributed by atoms with Crippen LogP contribution in [0.2, 0.25) is 0 Å². The molecule has 2 atom stereocenters. The largest absolute Gasteiger partial charge is 0.497 e. The Labute approximate surface area is 211 Å². The van der Waals surface area contributed by atoms with Crippen molar-refractivity contribution in [2.45, 2.75) is 32.2 Å². The number of ether oxygens (including phenoxy) is 3. The number of hydrogen-bond acceptors (Lipinski definition) is 5. The number of methoxy groups -OCH3 is 1. The van der Waals surface area contributed by atoms with Gasteiger partial charge in [0, 0.05) is 23.9 Å². The van der Waals surface area contributed by atoms with Crippen molar-refractivity contribution in [3.05, 3.63) is 83.4 Å². The fourth-order valence-corrected chi connectivity index (χ4v) is 4.87. The topological polar surface area (TPSA) is 77.1 Å². The summed E-state index contributed by atoms with van der Waals surface area (Å²) < 4.78 is 16.4. The molecule has 7 nitrogen and oxygen atoms in total. The molecule has 2 heterocycles. The molecule has 5 rings (SSSR count). The monoisotopic (exact) mass is 486 g/mol. The van der Waals surface area contributed by atoms with Gasteiger partial charge in [0.15, 0.2) is 11.5 Å². The van der Waals surface area contributed by atoms with E-state index in [0.29, 0.717) is 41.0 Å². The van der Waals surface area contributed by atoms with Crippen molar-refractivity contribution in [1.82, 2.24) is 5.32 Å². The van der Waals surface area contributed by atoms with Crippen molar-refractivity contribution in [2.75, 3.05) is 25.3 Å². The fraction of sp³-hybridized carbons (Fsp3) is 0.310. The van der Waals surface area contributed by atoms with Gasteiger partial charge in [-0.2, -0.15) is 0 Å². The maximum absolute atomic E-state index is 14.0. The van der Waals surface area contributed by atoms with Gasteiger partial charge in [-0.1, -0.05) is 44.2 Å². The van der Waals surface area contributed by atoms with Crippen LogP contribution < -0.4 is 24.4 Å². The summed E-state index contributed by atoms with van der Waals surface area (Å²) in [5.74, 6) is 1.49. The lowest BCUT2D eigenvalue weighted by molar-refractivity contribution is -0.123. The van der Waals surface area contributed by atoms with E-state index in [2.05, 4.69) is 19.2 Å². The molecule has 0 radical (unpaired) electrons. The molecule has 36 heavy (non-hydrogen) atoms. The van der Waals surface area contributed by atoms with E-state index in [1.54, 1.807) is 30.2 Å². The highest BCUT2D eigenvalue weighted by Crippen LogP contribution is 2.47. The predicted molar refractivity (Wildman–Crippen MR) is 137 cm³/mol. The van der Waals surface area contributed by atoms with Crippen molar-refractivity contribution >= 4 is 17.5 Å². The Hall–Kier alpha value is -4.00. The van der Waals surface area contributed by atoms with Crippen LogP contribution in [0.4, 0.5) is 5.69 Å². The molecule has 1 N–H and O–H groups in total. The number of nitrogens with zero attached hydrogens (tertiary/aromatic N) is 1. The van der Waals surface area contributed by atoms with E-state index >= 15 is 0 Å². The third-order valence-corrected chi connectivity index (χ3v) is 6.73. The number of amides is 2. The number of rotatable bonds is 7. The Morgan fingerprint density at radius 2 is 1.81 bits per heavy atom. The number of benzene rings is 3. The lowest BCUT2D eigenvalue weighted by Crippen LogP contribution is -2.47. The summed E-state index contributed by atoms with van der Waals surface area (Å²) >= 11 is 0. The molecule has 7 heteroatoms. The van der Waals surface area contributed by atoms with Gasteiger partial charge in [-0.05, 0) is 53.8 Å². The molecule has 0 saturated heterocycles. The lowest BCUT2D eigenvalue weighted by atomic mass is 9.78. The van der Waals surface area contributed by atoms with Gasteiger partial charge in [0.05, 0.1) is 19.1 Å². The Morgan fingerprint density at radius 1 is 1.06 bits per heavy atom. The van der Waals surface area contributed by atoms with E-state index < -0.39 is 12.0 Å². The van der Waals surface area contributed by atoms with Gasteiger partial charge in [0.25, 0.3) is 5.91 Å². The van der Waals surface area contributed by atoms with Gasteiger partial charge in [0.2, 0.25) is 12.7 Å². The van der Waals surface area contributed by atoms with Crippen LogP contribution in [0.25, 0.3) is 0 Å². The molecule has 0 aromatic heterocycles. The molecule has 3 aromatic rings. The number of anilines is 1. The SMILES string of the molecule is COc1ccc([C@@H]2[C@H](C(=O)NCCC(C)C)c3ccccc3C(=O)N2c2ccc3c(c2)OCO3)cc1. The maximum Gasteiger partial charge on any atom is 0.259 e. The molecule has 186 valence electrons. The highest BCUT2D eigenvalue weighted by atomic mass is 16.7. The Bertz CT molecular complexity index is 1270. The number of hydrogen-bond donors (Lipinski definition) is 1. The second-order valence-corrected chi connectivity index (χ2v) is 9.47. The van der Waals surface area contributed by atoms with Gasteiger partial charge in [-0.15, -0.1) is 0 Å². The van der Waals surface area contributed by atoms with E-state index in [9.17, 15) is 9.59 Å². The van der Waals surface area contributed by atoms with Crippen LogP contribution in [0.15, 0.2) is 66.7 Å². The summed E-state index contributed by atoms with van der Waals surface area (Å²) in [6.45, 7) is 4.96. The molecule has 0 bridgehead atoms.